The molecule has 1 N–H and O–H groups in total. The number of hydrogen-bond acceptors (Lipinski definition) is 4. The summed E-state index contributed by atoms with van der Waals surface area (Å²) in [5.74, 6) is 0.827. The van der Waals surface area contributed by atoms with Crippen molar-refractivity contribution in [3.8, 4) is 5.75 Å². The molecule has 0 bridgehead atoms. The minimum atomic E-state index is -0.137. The molecule has 0 radical (unpaired) electrons. The summed E-state index contributed by atoms with van der Waals surface area (Å²) in [6.07, 6.45) is 0. The largest absolute Gasteiger partial charge is 0.496 e. The van der Waals surface area contributed by atoms with Gasteiger partial charge in [0, 0.05) is 40.5 Å². The number of rotatable bonds is 6. The van der Waals surface area contributed by atoms with Gasteiger partial charge in [0.05, 0.1) is 18.4 Å². The van der Waals surface area contributed by atoms with E-state index in [1.165, 1.54) is 11.8 Å². The van der Waals surface area contributed by atoms with Gasteiger partial charge in [-0.25, -0.2) is 0 Å². The number of carbonyl (C=O) groups is 1. The SMILES string of the molecule is COc1ccccc1CNC(=O)CSc1cc(=O)n(C)c2cc(Cl)ccc12. The molecule has 0 saturated heterocycles. The zero-order valence-corrected chi connectivity index (χ0v) is 16.6. The smallest absolute Gasteiger partial charge is 0.251 e. The molecule has 0 fully saturated rings. The number of hydrogen-bond donors (Lipinski definition) is 1. The van der Waals surface area contributed by atoms with Gasteiger partial charge in [0.15, 0.2) is 0 Å². The second kappa shape index (κ2) is 8.50. The van der Waals surface area contributed by atoms with E-state index in [0.717, 1.165) is 27.1 Å². The maximum absolute atomic E-state index is 12.3. The van der Waals surface area contributed by atoms with Crippen LogP contribution in [0.25, 0.3) is 10.9 Å². The van der Waals surface area contributed by atoms with Crippen LogP contribution in [0.1, 0.15) is 5.56 Å². The molecule has 3 rings (SSSR count). The number of halogens is 1. The zero-order valence-electron chi connectivity index (χ0n) is 15.0. The van der Waals surface area contributed by atoms with Gasteiger partial charge in [0.1, 0.15) is 5.75 Å². The minimum Gasteiger partial charge on any atom is -0.496 e. The number of thioether (sulfide) groups is 1. The van der Waals surface area contributed by atoms with E-state index in [4.69, 9.17) is 16.3 Å². The van der Waals surface area contributed by atoms with Crippen LogP contribution in [0.5, 0.6) is 5.75 Å². The van der Waals surface area contributed by atoms with Crippen LogP contribution in [0.15, 0.2) is 58.2 Å². The first-order chi connectivity index (χ1) is 13.0. The average Bonchev–Trinajstić information content (AvgIpc) is 2.68. The minimum absolute atomic E-state index is 0.117. The Balaban J connectivity index is 1.70. The van der Waals surface area contributed by atoms with Gasteiger partial charge < -0.3 is 14.6 Å². The maximum atomic E-state index is 12.3. The molecule has 0 unspecified atom stereocenters. The van der Waals surface area contributed by atoms with Crippen molar-refractivity contribution in [2.75, 3.05) is 12.9 Å². The number of fused-ring (bicyclic) bond motifs is 1. The molecule has 1 amide bonds. The van der Waals surface area contributed by atoms with Gasteiger partial charge in [-0.2, -0.15) is 0 Å². The Morgan fingerprint density at radius 2 is 2.00 bits per heavy atom. The fourth-order valence-corrected chi connectivity index (χ4v) is 3.82. The van der Waals surface area contributed by atoms with E-state index in [0.29, 0.717) is 11.6 Å². The molecule has 0 aliphatic heterocycles. The highest BCUT2D eigenvalue weighted by molar-refractivity contribution is 8.00. The fraction of sp³-hybridized carbons (Fsp3) is 0.200. The first kappa shape index (κ1) is 19.3. The molecule has 140 valence electrons. The number of amides is 1. The van der Waals surface area contributed by atoms with Crippen molar-refractivity contribution in [3.05, 3.63) is 69.5 Å². The molecular formula is C20H19ClN2O3S. The van der Waals surface area contributed by atoms with Gasteiger partial charge in [0.2, 0.25) is 5.91 Å². The van der Waals surface area contributed by atoms with Crippen LogP contribution in [0, 0.1) is 0 Å². The molecule has 27 heavy (non-hydrogen) atoms. The number of methoxy groups -OCH3 is 1. The van der Waals surface area contributed by atoms with Crippen LogP contribution in [0.4, 0.5) is 0 Å². The number of ether oxygens (including phenoxy) is 1. The Morgan fingerprint density at radius 3 is 2.78 bits per heavy atom. The highest BCUT2D eigenvalue weighted by Gasteiger charge is 2.11. The molecule has 5 nitrogen and oxygen atoms in total. The van der Waals surface area contributed by atoms with E-state index in [2.05, 4.69) is 5.32 Å². The van der Waals surface area contributed by atoms with Crippen LogP contribution in [-0.4, -0.2) is 23.3 Å². The normalized spacial score (nSPS) is 10.8. The van der Waals surface area contributed by atoms with Crippen LogP contribution in [-0.2, 0) is 18.4 Å². The molecule has 0 spiro atoms. The van der Waals surface area contributed by atoms with Crippen molar-refractivity contribution in [3.63, 3.8) is 0 Å². The van der Waals surface area contributed by atoms with Crippen molar-refractivity contribution in [1.82, 2.24) is 9.88 Å². The monoisotopic (exact) mass is 402 g/mol. The Morgan fingerprint density at radius 1 is 1.22 bits per heavy atom. The summed E-state index contributed by atoms with van der Waals surface area (Å²) >= 11 is 7.38. The van der Waals surface area contributed by atoms with E-state index >= 15 is 0 Å². The number of carbonyl (C=O) groups excluding carboxylic acids is 1. The van der Waals surface area contributed by atoms with Crippen molar-refractivity contribution < 1.29 is 9.53 Å². The van der Waals surface area contributed by atoms with Crippen LogP contribution < -0.4 is 15.6 Å². The number of pyridine rings is 1. The lowest BCUT2D eigenvalue weighted by molar-refractivity contribution is -0.118. The molecule has 2 aromatic carbocycles. The summed E-state index contributed by atoms with van der Waals surface area (Å²) in [7, 11) is 3.30. The third-order valence-electron chi connectivity index (χ3n) is 4.20. The van der Waals surface area contributed by atoms with Gasteiger partial charge in [-0.3, -0.25) is 9.59 Å². The van der Waals surface area contributed by atoms with E-state index < -0.39 is 0 Å². The number of nitrogens with zero attached hydrogens (tertiary/aromatic N) is 1. The Hall–Kier alpha value is -2.44. The molecule has 3 aromatic rings. The molecule has 0 atom stereocenters. The van der Waals surface area contributed by atoms with Gasteiger partial charge in [-0.15, -0.1) is 11.8 Å². The van der Waals surface area contributed by atoms with Crippen LogP contribution in [0.2, 0.25) is 5.02 Å². The standard InChI is InChI=1S/C20H19ClN2O3S/c1-23-16-9-14(21)7-8-15(16)18(10-20(23)25)27-12-19(24)22-11-13-5-3-4-6-17(13)26-2/h3-10H,11-12H2,1-2H3,(H,22,24). The number of benzene rings is 2. The summed E-state index contributed by atoms with van der Waals surface area (Å²) in [6.45, 7) is 0.385. The van der Waals surface area contributed by atoms with Crippen molar-refractivity contribution >= 4 is 40.2 Å². The van der Waals surface area contributed by atoms with Crippen molar-refractivity contribution in [1.29, 1.82) is 0 Å². The lowest BCUT2D eigenvalue weighted by Crippen LogP contribution is -2.25. The topological polar surface area (TPSA) is 60.3 Å². The summed E-state index contributed by atoms with van der Waals surface area (Å²) in [5, 5.41) is 4.34. The van der Waals surface area contributed by atoms with Crippen molar-refractivity contribution in [2.45, 2.75) is 11.4 Å². The highest BCUT2D eigenvalue weighted by atomic mass is 35.5. The molecule has 0 aliphatic rings. The lowest BCUT2D eigenvalue weighted by atomic mass is 10.2. The van der Waals surface area contributed by atoms with E-state index in [9.17, 15) is 9.59 Å². The Labute approximate surface area is 166 Å². The van der Waals surface area contributed by atoms with Crippen molar-refractivity contribution in [2.24, 2.45) is 7.05 Å². The molecule has 1 aromatic heterocycles. The van der Waals surface area contributed by atoms with Crippen LogP contribution in [0.3, 0.4) is 0 Å². The number of aromatic nitrogens is 1. The molecule has 0 aliphatic carbocycles. The lowest BCUT2D eigenvalue weighted by Gasteiger charge is -2.11. The Kier molecular flexibility index (Phi) is 6.08. The average molecular weight is 403 g/mol. The predicted molar refractivity (Wildman–Crippen MR) is 110 cm³/mol. The highest BCUT2D eigenvalue weighted by Crippen LogP contribution is 2.28. The second-order valence-electron chi connectivity index (χ2n) is 5.94. The summed E-state index contributed by atoms with van der Waals surface area (Å²) < 4.78 is 6.83. The summed E-state index contributed by atoms with van der Waals surface area (Å²) in [4.78, 5) is 25.2. The molecule has 7 heteroatoms. The predicted octanol–water partition coefficient (Wildman–Crippen LogP) is 3.61. The summed E-state index contributed by atoms with van der Waals surface area (Å²) in [6, 6.07) is 14.5. The first-order valence-electron chi connectivity index (χ1n) is 8.30. The van der Waals surface area contributed by atoms with E-state index in [1.807, 2.05) is 30.3 Å². The fourth-order valence-electron chi connectivity index (χ4n) is 2.75. The van der Waals surface area contributed by atoms with Gasteiger partial charge in [-0.1, -0.05) is 35.9 Å². The molecule has 0 saturated carbocycles. The zero-order chi connectivity index (χ0) is 19.4. The Bertz CT molecular complexity index is 1050. The van der Waals surface area contributed by atoms with Gasteiger partial charge in [-0.05, 0) is 18.2 Å². The second-order valence-corrected chi connectivity index (χ2v) is 7.40. The summed E-state index contributed by atoms with van der Waals surface area (Å²) in [5.41, 5.74) is 1.51. The molecular weight excluding hydrogens is 384 g/mol. The van der Waals surface area contributed by atoms with Crippen LogP contribution >= 0.6 is 23.4 Å². The maximum Gasteiger partial charge on any atom is 0.251 e. The van der Waals surface area contributed by atoms with Gasteiger partial charge >= 0.3 is 0 Å². The number of aryl methyl sites for hydroxylation is 1. The van der Waals surface area contributed by atoms with Gasteiger partial charge in [0.25, 0.3) is 5.56 Å². The quantitative estimate of drug-likeness (QED) is 0.640. The molecule has 1 heterocycles. The van der Waals surface area contributed by atoms with E-state index in [1.54, 1.807) is 36.9 Å². The number of nitrogens with one attached hydrogen (secondary N) is 1. The third-order valence-corrected chi connectivity index (χ3v) is 5.49. The third kappa shape index (κ3) is 4.46. The first-order valence-corrected chi connectivity index (χ1v) is 9.66. The number of para-hydroxylation sites is 1. The van der Waals surface area contributed by atoms with E-state index in [-0.39, 0.29) is 17.2 Å².